The number of rotatable bonds is 4. The molecule has 2 unspecified atom stereocenters. The molecular weight excluding hydrogens is 480 g/mol. The van der Waals surface area contributed by atoms with Crippen LogP contribution in [0.25, 0.3) is 12.2 Å². The Hall–Kier alpha value is -2.54. The molecule has 0 radical (unpaired) electrons. The van der Waals surface area contributed by atoms with Crippen LogP contribution in [0.4, 0.5) is 0 Å². The third-order valence-electron chi connectivity index (χ3n) is 7.93. The molecule has 4 aromatic rings. The topological polar surface area (TPSA) is 0 Å². The van der Waals surface area contributed by atoms with Crippen LogP contribution in [0.5, 0.6) is 0 Å². The molecule has 158 valence electrons. The van der Waals surface area contributed by atoms with Crippen LogP contribution in [-0.2, 0) is 17.4 Å². The van der Waals surface area contributed by atoms with E-state index in [1.165, 1.54) is 22.3 Å². The molecular formula is C30H28SiZr-2. The monoisotopic (exact) mass is 506 g/mol. The van der Waals surface area contributed by atoms with Gasteiger partial charge in [-0.05, 0) is 0 Å². The van der Waals surface area contributed by atoms with Crippen molar-refractivity contribution in [3.8, 4) is 0 Å². The maximum absolute atomic E-state index is 4.14. The average Bonchev–Trinajstić information content (AvgIpc) is 3.50. The number of hydrogen-bond acceptors (Lipinski definition) is 0. The molecule has 2 atom stereocenters. The first-order valence-corrected chi connectivity index (χ1v) is 22.6. The van der Waals surface area contributed by atoms with E-state index in [2.05, 4.69) is 140 Å². The van der Waals surface area contributed by atoms with Gasteiger partial charge in [-0.2, -0.15) is 0 Å². The van der Waals surface area contributed by atoms with Crippen molar-refractivity contribution in [2.75, 3.05) is 0 Å². The van der Waals surface area contributed by atoms with Crippen LogP contribution in [0.3, 0.4) is 0 Å². The molecule has 0 spiro atoms. The zero-order chi connectivity index (χ0) is 21.6. The third-order valence-corrected chi connectivity index (χ3v) is 35.8. The summed E-state index contributed by atoms with van der Waals surface area (Å²) in [5.41, 5.74) is 5.76. The van der Waals surface area contributed by atoms with Gasteiger partial charge in [0, 0.05) is 0 Å². The molecule has 0 nitrogen and oxygen atoms in total. The van der Waals surface area contributed by atoms with Crippen molar-refractivity contribution in [1.82, 2.24) is 0 Å². The second kappa shape index (κ2) is 7.51. The van der Waals surface area contributed by atoms with E-state index < -0.39 is 17.4 Å². The second-order valence-corrected chi connectivity index (χ2v) is 32.2. The molecule has 0 saturated heterocycles. The average molecular weight is 508 g/mol. The molecule has 2 aliphatic rings. The van der Waals surface area contributed by atoms with Gasteiger partial charge in [-0.1, -0.05) is 0 Å². The van der Waals surface area contributed by atoms with Crippen LogP contribution in [0.2, 0.25) is 0 Å². The standard InChI is InChI=1S/2C9H7.2C6H5.H2Si.Zr.2H/c2*1-2-5-9-7-3-6-8(9)4-1;2*1-2-4-6-5-3-1;;;;/h2*1-7H;2*1-5H;1H2;;;/q;;;;;;2*-1. The summed E-state index contributed by atoms with van der Waals surface area (Å²) in [5, 5.41) is 0. The fourth-order valence-corrected chi connectivity index (χ4v) is 30.9. The Bertz CT molecular complexity index is 1330. The molecule has 32 heavy (non-hydrogen) atoms. The first-order chi connectivity index (χ1) is 15.7. The van der Waals surface area contributed by atoms with Gasteiger partial charge >= 0.3 is 194 Å². The molecule has 6 rings (SSSR count). The fraction of sp³-hybridized carbons (Fsp3) is 0.0667. The van der Waals surface area contributed by atoms with Crippen molar-refractivity contribution in [1.29, 1.82) is 0 Å². The Labute approximate surface area is 195 Å². The van der Waals surface area contributed by atoms with E-state index in [-0.39, 0.29) is 2.85 Å². The van der Waals surface area contributed by atoms with Gasteiger partial charge in [-0.15, -0.1) is 0 Å². The van der Waals surface area contributed by atoms with Crippen LogP contribution in [-0.4, -0.2) is 6.88 Å². The predicted octanol–water partition coefficient (Wildman–Crippen LogP) is 5.64. The van der Waals surface area contributed by atoms with Crippen molar-refractivity contribution in [2.24, 2.45) is 0 Å². The molecule has 0 aromatic heterocycles. The summed E-state index contributed by atoms with van der Waals surface area (Å²) >= 11 is -4.14. The van der Waals surface area contributed by atoms with Crippen LogP contribution in [0.15, 0.2) is 121 Å². The van der Waals surface area contributed by atoms with Crippen molar-refractivity contribution in [3.05, 3.63) is 144 Å². The molecule has 4 aromatic carbocycles. The van der Waals surface area contributed by atoms with Crippen molar-refractivity contribution in [3.63, 3.8) is 0 Å². The van der Waals surface area contributed by atoms with Crippen molar-refractivity contribution < 1.29 is 20.3 Å². The summed E-state index contributed by atoms with van der Waals surface area (Å²) in [6.45, 7) is 2.40. The Balaban J connectivity index is 0.00000137. The fourth-order valence-electron chi connectivity index (χ4n) is 6.39. The van der Waals surface area contributed by atoms with Gasteiger partial charge in [0.15, 0.2) is 0 Å². The Morgan fingerprint density at radius 1 is 0.500 bits per heavy atom. The van der Waals surface area contributed by atoms with E-state index >= 15 is 0 Å². The van der Waals surface area contributed by atoms with Crippen LogP contribution >= 0.6 is 0 Å². The molecule has 0 saturated carbocycles. The summed E-state index contributed by atoms with van der Waals surface area (Å²) in [4.78, 5) is 0. The first-order valence-electron chi connectivity index (χ1n) is 11.4. The van der Waals surface area contributed by atoms with Gasteiger partial charge in [0.1, 0.15) is 0 Å². The quantitative estimate of drug-likeness (QED) is 0.314. The molecule has 0 heterocycles. The van der Waals surface area contributed by atoms with E-state index in [1.54, 1.807) is 6.54 Å². The minimum absolute atomic E-state index is 0. The second-order valence-electron chi connectivity index (χ2n) is 9.29. The van der Waals surface area contributed by atoms with Crippen LogP contribution < -0.4 is 6.54 Å². The molecule has 0 bridgehead atoms. The Morgan fingerprint density at radius 3 is 1.31 bits per heavy atom. The maximum atomic E-state index is 2.54. The first kappa shape index (κ1) is 20.1. The van der Waals surface area contributed by atoms with E-state index in [4.69, 9.17) is 0 Å². The van der Waals surface area contributed by atoms with Crippen LogP contribution in [0, 0.1) is 0 Å². The van der Waals surface area contributed by atoms with Gasteiger partial charge in [-0.3, -0.25) is 0 Å². The molecule has 0 N–H and O–H groups in total. The van der Waals surface area contributed by atoms with E-state index in [9.17, 15) is 0 Å². The van der Waals surface area contributed by atoms with Gasteiger partial charge in [0.2, 0.25) is 0 Å². The van der Waals surface area contributed by atoms with Crippen molar-refractivity contribution >= 4 is 25.6 Å². The minimum atomic E-state index is -4.14. The zero-order valence-electron chi connectivity index (χ0n) is 20.1. The summed E-state index contributed by atoms with van der Waals surface area (Å²) in [6, 6.07) is 41.1. The zero-order valence-corrected chi connectivity index (χ0v) is 21.9. The molecule has 0 amide bonds. The molecule has 0 aliphatic heterocycles. The number of hydrogen-bond donors (Lipinski definition) is 0. The molecule has 0 fully saturated rings. The molecule has 2 aliphatic carbocycles. The van der Waals surface area contributed by atoms with Crippen molar-refractivity contribution in [2.45, 2.75) is 7.25 Å². The molecule has 2 heteroatoms. The van der Waals surface area contributed by atoms with E-state index in [0.717, 1.165) is 0 Å². The summed E-state index contributed by atoms with van der Waals surface area (Å²) in [7, 11) is 0. The van der Waals surface area contributed by atoms with E-state index in [1.807, 2.05) is 0 Å². The van der Waals surface area contributed by atoms with Gasteiger partial charge in [-0.25, -0.2) is 0 Å². The van der Waals surface area contributed by atoms with Gasteiger partial charge in [0.05, 0.1) is 0 Å². The van der Waals surface area contributed by atoms with Gasteiger partial charge < -0.3 is 2.85 Å². The van der Waals surface area contributed by atoms with Gasteiger partial charge in [0.25, 0.3) is 0 Å². The summed E-state index contributed by atoms with van der Waals surface area (Å²) < 4.78 is 3.96. The Kier molecular flexibility index (Phi) is 4.72. The Morgan fingerprint density at radius 2 is 0.875 bits per heavy atom. The number of fused-ring (bicyclic) bond motifs is 2. The SMILES string of the molecule is [H-].[H-].[SiH2]=[Zr]([c]1ccccc1)([c]1ccccc1)([CH]1C=Cc2ccccc21)[CH]1C=Cc2ccccc21. The summed E-state index contributed by atoms with van der Waals surface area (Å²) in [5.74, 6) is 0. The normalized spacial score (nSPS) is 19.0. The van der Waals surface area contributed by atoms with E-state index in [0.29, 0.717) is 7.25 Å². The predicted molar refractivity (Wildman–Crippen MR) is 139 cm³/mol. The third kappa shape index (κ3) is 2.63. The number of benzene rings is 4. The summed E-state index contributed by atoms with van der Waals surface area (Å²) in [6.07, 6.45) is 9.82. The van der Waals surface area contributed by atoms with Crippen LogP contribution in [0.1, 0.15) is 32.4 Å². The number of allylic oxidation sites excluding steroid dienone is 2.